The largest absolute Gasteiger partial charge is 0.374 e. The maximum atomic E-state index is 10.2. The molecular formula is C6H11NO2. The molecule has 3 nitrogen and oxygen atoms in total. The number of hydrogen-bond donors (Lipinski definition) is 1. The molecule has 0 spiro atoms. The third-order valence-electron chi connectivity index (χ3n) is 1.52. The minimum Gasteiger partial charge on any atom is -0.374 e. The van der Waals surface area contributed by atoms with E-state index in [9.17, 15) is 4.79 Å². The van der Waals surface area contributed by atoms with Gasteiger partial charge in [-0.15, -0.1) is 0 Å². The van der Waals surface area contributed by atoms with E-state index in [1.54, 1.807) is 6.92 Å². The zero-order chi connectivity index (χ0) is 6.85. The Morgan fingerprint density at radius 1 is 1.78 bits per heavy atom. The minimum atomic E-state index is -0.616. The van der Waals surface area contributed by atoms with E-state index in [1.165, 1.54) is 4.90 Å². The van der Waals surface area contributed by atoms with Crippen LogP contribution in [0, 0.1) is 0 Å². The van der Waals surface area contributed by atoms with E-state index in [-0.39, 0.29) is 0 Å². The summed E-state index contributed by atoms with van der Waals surface area (Å²) in [6, 6.07) is 0.322. The molecule has 1 aliphatic rings. The van der Waals surface area contributed by atoms with Crippen LogP contribution < -0.4 is 0 Å². The van der Waals surface area contributed by atoms with Crippen molar-refractivity contribution in [2.24, 2.45) is 0 Å². The quantitative estimate of drug-likeness (QED) is 0.428. The third-order valence-corrected chi connectivity index (χ3v) is 1.52. The molecule has 1 amide bonds. The second kappa shape index (κ2) is 2.35. The summed E-state index contributed by atoms with van der Waals surface area (Å²) < 4.78 is 0. The summed E-state index contributed by atoms with van der Waals surface area (Å²) in [5.74, 6) is 0. The lowest BCUT2D eigenvalue weighted by Crippen LogP contribution is -2.33. The zero-order valence-corrected chi connectivity index (χ0v) is 5.45. The summed E-state index contributed by atoms with van der Waals surface area (Å²) in [6.07, 6.45) is 2.19. The molecule has 0 aromatic carbocycles. The molecular weight excluding hydrogens is 118 g/mol. The molecule has 1 N–H and O–H groups in total. The standard InChI is InChI=1S/C6H11NO2/c1-5(9)7(4-8)6-2-3-6/h4-6,9H,2-3H2,1H3. The zero-order valence-electron chi connectivity index (χ0n) is 5.45. The molecule has 0 aliphatic heterocycles. The average molecular weight is 129 g/mol. The van der Waals surface area contributed by atoms with Crippen LogP contribution in [0.2, 0.25) is 0 Å². The molecule has 0 radical (unpaired) electrons. The Morgan fingerprint density at radius 2 is 2.33 bits per heavy atom. The number of nitrogens with zero attached hydrogens (tertiary/aromatic N) is 1. The van der Waals surface area contributed by atoms with Crippen molar-refractivity contribution in [2.45, 2.75) is 32.0 Å². The molecule has 3 heteroatoms. The Hall–Kier alpha value is -0.570. The number of amides is 1. The van der Waals surface area contributed by atoms with Crippen LogP contribution in [-0.4, -0.2) is 28.7 Å². The summed E-state index contributed by atoms with van der Waals surface area (Å²) in [5.41, 5.74) is 0. The Morgan fingerprint density at radius 3 is 2.44 bits per heavy atom. The Kier molecular flexibility index (Phi) is 1.71. The number of carbonyl (C=O) groups excluding carboxylic acids is 1. The first-order valence-corrected chi connectivity index (χ1v) is 3.16. The first kappa shape index (κ1) is 6.55. The lowest BCUT2D eigenvalue weighted by Gasteiger charge is -2.18. The van der Waals surface area contributed by atoms with E-state index >= 15 is 0 Å². The maximum Gasteiger partial charge on any atom is 0.211 e. The maximum absolute atomic E-state index is 10.2. The first-order valence-electron chi connectivity index (χ1n) is 3.16. The van der Waals surface area contributed by atoms with Gasteiger partial charge in [0.2, 0.25) is 6.41 Å². The van der Waals surface area contributed by atoms with Gasteiger partial charge >= 0.3 is 0 Å². The van der Waals surface area contributed by atoms with E-state index in [1.807, 2.05) is 0 Å². The van der Waals surface area contributed by atoms with Crippen molar-refractivity contribution in [3.05, 3.63) is 0 Å². The van der Waals surface area contributed by atoms with Gasteiger partial charge in [-0.3, -0.25) is 4.79 Å². The summed E-state index contributed by atoms with van der Waals surface area (Å²) in [5, 5.41) is 8.92. The average Bonchev–Trinajstić information content (AvgIpc) is 2.50. The SMILES string of the molecule is CC(O)N(C=O)C1CC1. The molecule has 1 rings (SSSR count). The number of carbonyl (C=O) groups is 1. The molecule has 9 heavy (non-hydrogen) atoms. The van der Waals surface area contributed by atoms with Crippen molar-refractivity contribution >= 4 is 6.41 Å². The smallest absolute Gasteiger partial charge is 0.211 e. The van der Waals surface area contributed by atoms with Gasteiger partial charge in [-0.25, -0.2) is 0 Å². The second-order valence-electron chi connectivity index (χ2n) is 2.42. The molecule has 1 aliphatic carbocycles. The van der Waals surface area contributed by atoms with Crippen LogP contribution in [-0.2, 0) is 4.79 Å². The van der Waals surface area contributed by atoms with E-state index < -0.39 is 6.23 Å². The fourth-order valence-electron chi connectivity index (χ4n) is 0.852. The van der Waals surface area contributed by atoms with Crippen LogP contribution in [0.25, 0.3) is 0 Å². The van der Waals surface area contributed by atoms with Gasteiger partial charge < -0.3 is 10.0 Å². The first-order chi connectivity index (χ1) is 4.25. The van der Waals surface area contributed by atoms with Crippen molar-refractivity contribution in [1.82, 2.24) is 4.90 Å². The molecule has 1 saturated carbocycles. The topological polar surface area (TPSA) is 40.5 Å². The number of hydrogen-bond acceptors (Lipinski definition) is 2. The van der Waals surface area contributed by atoms with Crippen LogP contribution in [0.1, 0.15) is 19.8 Å². The molecule has 0 saturated heterocycles. The van der Waals surface area contributed by atoms with E-state index in [4.69, 9.17) is 5.11 Å². The molecule has 0 aromatic rings. The van der Waals surface area contributed by atoms with Crippen LogP contribution in [0.15, 0.2) is 0 Å². The van der Waals surface area contributed by atoms with Gasteiger partial charge in [0.05, 0.1) is 0 Å². The van der Waals surface area contributed by atoms with Gasteiger partial charge in [0.25, 0.3) is 0 Å². The fraction of sp³-hybridized carbons (Fsp3) is 0.833. The lowest BCUT2D eigenvalue weighted by atomic mass is 10.5. The molecule has 0 heterocycles. The molecule has 0 bridgehead atoms. The van der Waals surface area contributed by atoms with Crippen LogP contribution >= 0.6 is 0 Å². The molecule has 52 valence electrons. The van der Waals surface area contributed by atoms with E-state index in [0.717, 1.165) is 12.8 Å². The van der Waals surface area contributed by atoms with Gasteiger partial charge in [-0.1, -0.05) is 0 Å². The van der Waals surface area contributed by atoms with Crippen molar-refractivity contribution in [3.63, 3.8) is 0 Å². The fourth-order valence-corrected chi connectivity index (χ4v) is 0.852. The summed E-state index contributed by atoms with van der Waals surface area (Å²) >= 11 is 0. The lowest BCUT2D eigenvalue weighted by molar-refractivity contribution is -0.127. The third kappa shape index (κ3) is 1.42. The summed E-state index contributed by atoms with van der Waals surface area (Å²) in [7, 11) is 0. The number of aliphatic hydroxyl groups excluding tert-OH is 1. The van der Waals surface area contributed by atoms with E-state index in [2.05, 4.69) is 0 Å². The predicted molar refractivity (Wildman–Crippen MR) is 32.6 cm³/mol. The molecule has 1 unspecified atom stereocenters. The van der Waals surface area contributed by atoms with Gasteiger partial charge in [-0.2, -0.15) is 0 Å². The highest BCUT2D eigenvalue weighted by atomic mass is 16.3. The van der Waals surface area contributed by atoms with Crippen molar-refractivity contribution in [3.8, 4) is 0 Å². The molecule has 1 fully saturated rings. The minimum absolute atomic E-state index is 0.322. The number of rotatable bonds is 3. The van der Waals surface area contributed by atoms with Crippen molar-refractivity contribution in [2.75, 3.05) is 0 Å². The Labute approximate surface area is 54.3 Å². The van der Waals surface area contributed by atoms with Gasteiger partial charge in [-0.05, 0) is 19.8 Å². The highest BCUT2D eigenvalue weighted by molar-refractivity contribution is 5.48. The predicted octanol–water partition coefficient (Wildman–Crippen LogP) is -0.0545. The highest BCUT2D eigenvalue weighted by Crippen LogP contribution is 2.26. The van der Waals surface area contributed by atoms with Crippen molar-refractivity contribution in [1.29, 1.82) is 0 Å². The van der Waals surface area contributed by atoms with Gasteiger partial charge in [0, 0.05) is 6.04 Å². The summed E-state index contributed by atoms with van der Waals surface area (Å²) in [6.45, 7) is 1.60. The normalized spacial score (nSPS) is 21.1. The summed E-state index contributed by atoms with van der Waals surface area (Å²) in [4.78, 5) is 11.6. The number of aliphatic hydroxyl groups is 1. The molecule has 1 atom stereocenters. The van der Waals surface area contributed by atoms with Gasteiger partial charge in [0.15, 0.2) is 0 Å². The van der Waals surface area contributed by atoms with Crippen LogP contribution in [0.4, 0.5) is 0 Å². The monoisotopic (exact) mass is 129 g/mol. The second-order valence-corrected chi connectivity index (χ2v) is 2.42. The Bertz CT molecular complexity index is 108. The van der Waals surface area contributed by atoms with Gasteiger partial charge in [0.1, 0.15) is 6.23 Å². The molecule has 0 aromatic heterocycles. The van der Waals surface area contributed by atoms with Crippen LogP contribution in [0.5, 0.6) is 0 Å². The Balaban J connectivity index is 2.37. The van der Waals surface area contributed by atoms with Crippen LogP contribution in [0.3, 0.4) is 0 Å². The highest BCUT2D eigenvalue weighted by Gasteiger charge is 2.30. The van der Waals surface area contributed by atoms with E-state index in [0.29, 0.717) is 12.5 Å². The van der Waals surface area contributed by atoms with Crippen molar-refractivity contribution < 1.29 is 9.90 Å².